The molecule has 1 amide bonds. The van der Waals surface area contributed by atoms with Crippen molar-refractivity contribution >= 4 is 44.4 Å². The van der Waals surface area contributed by atoms with Crippen molar-refractivity contribution in [3.63, 3.8) is 0 Å². The number of benzene rings is 1. The Morgan fingerprint density at radius 3 is 2.89 bits per heavy atom. The fourth-order valence-electron chi connectivity index (χ4n) is 4.28. The molecule has 0 spiro atoms. The lowest BCUT2D eigenvalue weighted by molar-refractivity contribution is 0.0485. The van der Waals surface area contributed by atoms with Gasteiger partial charge in [-0.25, -0.2) is 19.6 Å². The van der Waals surface area contributed by atoms with Crippen molar-refractivity contribution in [1.29, 1.82) is 0 Å². The molecule has 1 aromatic carbocycles. The molecule has 1 saturated heterocycles. The first-order valence-corrected chi connectivity index (χ1v) is 12.6. The summed E-state index contributed by atoms with van der Waals surface area (Å²) in [5.41, 5.74) is 8.64. The van der Waals surface area contributed by atoms with Gasteiger partial charge in [0.15, 0.2) is 11.6 Å². The van der Waals surface area contributed by atoms with Gasteiger partial charge >= 0.3 is 6.09 Å². The van der Waals surface area contributed by atoms with Gasteiger partial charge in [0, 0.05) is 38.1 Å². The first kappa shape index (κ1) is 26.0. The molecule has 36 heavy (non-hydrogen) atoms. The highest BCUT2D eigenvalue weighted by molar-refractivity contribution is 9.10. The summed E-state index contributed by atoms with van der Waals surface area (Å²) in [5.74, 6) is -0.177. The number of nitrogens with one attached hydrogen (secondary N) is 4. The lowest BCUT2D eigenvalue weighted by Gasteiger charge is -2.36. The number of hydrogen-bond acceptors (Lipinski definition) is 7. The van der Waals surface area contributed by atoms with Crippen LogP contribution in [0, 0.1) is 5.82 Å². The molecular formula is C25H32BrFN6O3. The number of anilines is 2. The summed E-state index contributed by atoms with van der Waals surface area (Å²) in [7, 11) is 1.45. The van der Waals surface area contributed by atoms with Crippen LogP contribution in [0.5, 0.6) is 5.75 Å². The molecule has 0 bridgehead atoms. The molecule has 194 valence electrons. The Morgan fingerprint density at radius 2 is 2.17 bits per heavy atom. The molecule has 4 rings (SSSR count). The Kier molecular flexibility index (Phi) is 7.89. The number of rotatable bonds is 7. The fourth-order valence-corrected chi connectivity index (χ4v) is 4.84. The molecule has 3 heterocycles. The van der Waals surface area contributed by atoms with Crippen LogP contribution in [0.4, 0.5) is 20.6 Å². The minimum Gasteiger partial charge on any atom is -0.494 e. The molecule has 2 aromatic heterocycles. The normalized spacial score (nSPS) is 16.2. The van der Waals surface area contributed by atoms with Crippen LogP contribution in [0.3, 0.4) is 0 Å². The largest absolute Gasteiger partial charge is 0.494 e. The van der Waals surface area contributed by atoms with Crippen LogP contribution in [-0.4, -0.2) is 47.9 Å². The van der Waals surface area contributed by atoms with Crippen molar-refractivity contribution in [2.75, 3.05) is 30.4 Å². The number of ether oxygens (including phenoxy) is 2. The highest BCUT2D eigenvalue weighted by Gasteiger charge is 2.26. The third kappa shape index (κ3) is 6.19. The number of methoxy groups -OCH3 is 1. The van der Waals surface area contributed by atoms with E-state index < -0.39 is 17.5 Å². The third-order valence-electron chi connectivity index (χ3n) is 5.84. The van der Waals surface area contributed by atoms with Gasteiger partial charge in [0.1, 0.15) is 11.2 Å². The Morgan fingerprint density at radius 1 is 1.36 bits per heavy atom. The number of aromatic amines is 1. The summed E-state index contributed by atoms with van der Waals surface area (Å²) < 4.78 is 25.3. The van der Waals surface area contributed by atoms with Crippen molar-refractivity contribution < 1.29 is 18.7 Å². The minimum atomic E-state index is -0.562. The smallest absolute Gasteiger partial charge is 0.422 e. The maximum atomic E-state index is 14.1. The van der Waals surface area contributed by atoms with Gasteiger partial charge in [-0.15, -0.1) is 0 Å². The highest BCUT2D eigenvalue weighted by Crippen LogP contribution is 2.39. The van der Waals surface area contributed by atoms with Crippen LogP contribution < -0.4 is 25.8 Å². The second-order valence-electron chi connectivity index (χ2n) is 9.76. The number of hydrazine groups is 1. The number of carbonyl (C=O) groups is 1. The molecular weight excluding hydrogens is 531 g/mol. The van der Waals surface area contributed by atoms with Gasteiger partial charge in [0.25, 0.3) is 0 Å². The van der Waals surface area contributed by atoms with Crippen molar-refractivity contribution in [3.8, 4) is 5.75 Å². The summed E-state index contributed by atoms with van der Waals surface area (Å²) in [6.45, 7) is 7.46. The quantitative estimate of drug-likeness (QED) is 0.297. The molecule has 0 radical (unpaired) electrons. The van der Waals surface area contributed by atoms with Gasteiger partial charge in [-0.05, 0) is 67.2 Å². The number of piperidine rings is 1. The average Bonchev–Trinajstić information content (AvgIpc) is 3.23. The molecule has 1 atom stereocenters. The summed E-state index contributed by atoms with van der Waals surface area (Å²) in [5, 5.41) is 4.36. The molecule has 1 aliphatic rings. The Labute approximate surface area is 218 Å². The van der Waals surface area contributed by atoms with Gasteiger partial charge in [0.05, 0.1) is 28.3 Å². The van der Waals surface area contributed by atoms with Crippen LogP contribution in [0.25, 0.3) is 11.0 Å². The van der Waals surface area contributed by atoms with Crippen molar-refractivity contribution in [2.45, 2.75) is 51.8 Å². The third-order valence-corrected chi connectivity index (χ3v) is 6.42. The van der Waals surface area contributed by atoms with E-state index in [1.54, 1.807) is 12.3 Å². The molecule has 4 N–H and O–H groups in total. The first-order chi connectivity index (χ1) is 17.1. The summed E-state index contributed by atoms with van der Waals surface area (Å²) in [6, 6.07) is 4.96. The van der Waals surface area contributed by atoms with Crippen LogP contribution in [-0.2, 0) is 11.3 Å². The molecule has 3 aromatic rings. The number of carbonyl (C=O) groups excluding carboxylic acids is 1. The van der Waals surface area contributed by atoms with Gasteiger partial charge in [-0.3, -0.25) is 5.43 Å². The highest BCUT2D eigenvalue weighted by atomic mass is 79.9. The second-order valence-corrected chi connectivity index (χ2v) is 10.6. The summed E-state index contributed by atoms with van der Waals surface area (Å²) >= 11 is 3.69. The van der Waals surface area contributed by atoms with Crippen LogP contribution >= 0.6 is 15.9 Å². The molecule has 11 heteroatoms. The zero-order valence-corrected chi connectivity index (χ0v) is 22.5. The number of nitrogens with zero attached hydrogens (tertiary/aromatic N) is 2. The Hall–Kier alpha value is -3.05. The lowest BCUT2D eigenvalue weighted by Crippen LogP contribution is -2.53. The van der Waals surface area contributed by atoms with E-state index in [-0.39, 0.29) is 11.8 Å². The van der Waals surface area contributed by atoms with Gasteiger partial charge in [-0.1, -0.05) is 6.07 Å². The lowest BCUT2D eigenvalue weighted by atomic mass is 10.0. The Bertz CT molecular complexity index is 1230. The van der Waals surface area contributed by atoms with E-state index in [4.69, 9.17) is 9.47 Å². The standard InChI is InChI=1S/C25H32BrFN6O3/c1-25(2,3)36-24(34)32-31-16-6-5-9-33(14-16)22-17(26)12-29-23-21(22)19(13-30-23)28-11-15-7-8-20(35-4)18(27)10-15/h7-8,10,12-13,16,28,31H,5-6,9,11,14H2,1-4H3,(H,29,30)(H,32,34)/t16-/m1/s1. The van der Waals surface area contributed by atoms with E-state index in [1.807, 2.05) is 33.0 Å². The minimum absolute atomic E-state index is 0.0407. The van der Waals surface area contributed by atoms with E-state index in [0.717, 1.165) is 51.8 Å². The van der Waals surface area contributed by atoms with Crippen LogP contribution in [0.15, 0.2) is 35.1 Å². The molecule has 0 aliphatic carbocycles. The zero-order valence-electron chi connectivity index (χ0n) is 20.9. The maximum Gasteiger partial charge on any atom is 0.422 e. The summed E-state index contributed by atoms with van der Waals surface area (Å²) in [4.78, 5) is 22.1. The van der Waals surface area contributed by atoms with E-state index in [9.17, 15) is 9.18 Å². The van der Waals surface area contributed by atoms with E-state index in [0.29, 0.717) is 13.1 Å². The van der Waals surface area contributed by atoms with Crippen molar-refractivity contribution in [3.05, 3.63) is 46.4 Å². The number of halogens is 2. The van der Waals surface area contributed by atoms with Gasteiger partial charge in [0.2, 0.25) is 0 Å². The van der Waals surface area contributed by atoms with Crippen LogP contribution in [0.1, 0.15) is 39.2 Å². The number of amides is 1. The monoisotopic (exact) mass is 562 g/mol. The molecule has 0 unspecified atom stereocenters. The summed E-state index contributed by atoms with van der Waals surface area (Å²) in [6.07, 6.45) is 5.02. The van der Waals surface area contributed by atoms with Gasteiger partial charge < -0.3 is 24.7 Å². The predicted octanol–water partition coefficient (Wildman–Crippen LogP) is 5.08. The molecule has 0 saturated carbocycles. The zero-order chi connectivity index (χ0) is 25.9. The molecule has 9 nitrogen and oxygen atoms in total. The van der Waals surface area contributed by atoms with E-state index in [1.165, 1.54) is 13.2 Å². The number of H-pyrrole nitrogens is 1. The first-order valence-electron chi connectivity index (χ1n) is 11.9. The molecule has 1 aliphatic heterocycles. The van der Waals surface area contributed by atoms with Crippen molar-refractivity contribution in [1.82, 2.24) is 20.8 Å². The van der Waals surface area contributed by atoms with Gasteiger partial charge in [-0.2, -0.15) is 0 Å². The number of fused-ring (bicyclic) bond motifs is 1. The van der Waals surface area contributed by atoms with E-state index in [2.05, 4.69) is 47.0 Å². The SMILES string of the molecule is COc1ccc(CNc2c[nH]c3ncc(Br)c(N4CCC[C@@H](NNC(=O)OC(C)(C)C)C4)c23)cc1F. The maximum absolute atomic E-state index is 14.1. The average molecular weight is 563 g/mol. The fraction of sp³-hybridized carbons (Fsp3) is 0.440. The topological polar surface area (TPSA) is 104 Å². The second kappa shape index (κ2) is 10.9. The number of aromatic nitrogens is 2. The van der Waals surface area contributed by atoms with E-state index >= 15 is 0 Å². The van der Waals surface area contributed by atoms with Crippen molar-refractivity contribution in [2.24, 2.45) is 0 Å². The number of hydrogen-bond donors (Lipinski definition) is 4. The number of pyridine rings is 1. The predicted molar refractivity (Wildman–Crippen MR) is 142 cm³/mol. The molecule has 1 fully saturated rings. The van der Waals surface area contributed by atoms with Crippen LogP contribution in [0.2, 0.25) is 0 Å². The Balaban J connectivity index is 1.50.